The number of nitrogens with two attached hydrogens (primary N) is 1. The minimum atomic E-state index is 0.579. The van der Waals surface area contributed by atoms with Crippen LogP contribution in [-0.2, 0) is 0 Å². The molecule has 2 heterocycles. The molecule has 5 heteroatoms. The monoisotopic (exact) mass is 234 g/mol. The van der Waals surface area contributed by atoms with Crippen molar-refractivity contribution < 1.29 is 0 Å². The Labute approximate surface area is 98.6 Å². The zero-order chi connectivity index (χ0) is 11.4. The number of aryl methyl sites for hydroxylation is 1. The predicted octanol–water partition coefficient (Wildman–Crippen LogP) is 1.88. The first-order valence-corrected chi connectivity index (χ1v) is 5.99. The molecule has 4 nitrogen and oxygen atoms in total. The molecule has 84 valence electrons. The molecule has 0 unspecified atom stereocenters. The Hall–Kier alpha value is -1.46. The lowest BCUT2D eigenvalue weighted by Gasteiger charge is -2.03. The lowest BCUT2D eigenvalue weighted by molar-refractivity contribution is 0.990. The van der Waals surface area contributed by atoms with Crippen molar-refractivity contribution >= 4 is 17.3 Å². The number of thiophene rings is 1. The molecule has 0 aliphatic carbocycles. The SMILES string of the molecule is Cc1ccsc1-c1cnc(NCCN)nc1. The number of aromatic nitrogens is 2. The zero-order valence-electron chi connectivity index (χ0n) is 9.10. The third kappa shape index (κ3) is 2.37. The largest absolute Gasteiger partial charge is 0.353 e. The third-order valence-corrected chi connectivity index (χ3v) is 3.27. The lowest BCUT2D eigenvalue weighted by atomic mass is 10.2. The highest BCUT2D eigenvalue weighted by atomic mass is 32.1. The molecule has 2 aromatic heterocycles. The van der Waals surface area contributed by atoms with E-state index in [1.807, 2.05) is 12.4 Å². The van der Waals surface area contributed by atoms with Crippen molar-refractivity contribution in [2.75, 3.05) is 18.4 Å². The molecule has 2 rings (SSSR count). The molecule has 0 fully saturated rings. The molecule has 0 atom stereocenters. The summed E-state index contributed by atoms with van der Waals surface area (Å²) in [5.41, 5.74) is 7.71. The van der Waals surface area contributed by atoms with E-state index in [4.69, 9.17) is 5.73 Å². The van der Waals surface area contributed by atoms with Gasteiger partial charge >= 0.3 is 0 Å². The highest BCUT2D eigenvalue weighted by Crippen LogP contribution is 2.27. The Kier molecular flexibility index (Phi) is 3.48. The summed E-state index contributed by atoms with van der Waals surface area (Å²) in [4.78, 5) is 9.71. The van der Waals surface area contributed by atoms with Crippen LogP contribution in [0.3, 0.4) is 0 Å². The van der Waals surface area contributed by atoms with Crippen LogP contribution in [0.5, 0.6) is 0 Å². The van der Waals surface area contributed by atoms with Crippen molar-refractivity contribution in [3.8, 4) is 10.4 Å². The van der Waals surface area contributed by atoms with Gasteiger partial charge in [-0.3, -0.25) is 0 Å². The first kappa shape index (κ1) is 11.0. The van der Waals surface area contributed by atoms with Crippen molar-refractivity contribution in [3.05, 3.63) is 29.4 Å². The average Bonchev–Trinajstić information content (AvgIpc) is 2.74. The van der Waals surface area contributed by atoms with Gasteiger partial charge in [-0.15, -0.1) is 11.3 Å². The Bertz CT molecular complexity index is 449. The molecule has 0 saturated heterocycles. The van der Waals surface area contributed by atoms with Gasteiger partial charge in [0.2, 0.25) is 5.95 Å². The summed E-state index contributed by atoms with van der Waals surface area (Å²) in [7, 11) is 0. The fraction of sp³-hybridized carbons (Fsp3) is 0.273. The maximum absolute atomic E-state index is 5.39. The molecule has 0 bridgehead atoms. The summed E-state index contributed by atoms with van der Waals surface area (Å²) >= 11 is 1.71. The van der Waals surface area contributed by atoms with Gasteiger partial charge in [-0.05, 0) is 23.9 Å². The van der Waals surface area contributed by atoms with E-state index in [0.717, 1.165) is 5.56 Å². The predicted molar refractivity (Wildman–Crippen MR) is 67.6 cm³/mol. The van der Waals surface area contributed by atoms with E-state index in [1.165, 1.54) is 10.4 Å². The number of anilines is 1. The normalized spacial score (nSPS) is 10.4. The van der Waals surface area contributed by atoms with E-state index in [0.29, 0.717) is 19.0 Å². The maximum Gasteiger partial charge on any atom is 0.222 e. The van der Waals surface area contributed by atoms with Crippen LogP contribution in [-0.4, -0.2) is 23.1 Å². The second-order valence-electron chi connectivity index (χ2n) is 3.44. The van der Waals surface area contributed by atoms with Gasteiger partial charge in [0.1, 0.15) is 0 Å². The topological polar surface area (TPSA) is 63.8 Å². The van der Waals surface area contributed by atoms with Crippen LogP contribution in [0.1, 0.15) is 5.56 Å². The highest BCUT2D eigenvalue weighted by Gasteiger charge is 2.04. The van der Waals surface area contributed by atoms with Gasteiger partial charge in [0.15, 0.2) is 0 Å². The van der Waals surface area contributed by atoms with E-state index in [2.05, 4.69) is 33.7 Å². The van der Waals surface area contributed by atoms with E-state index >= 15 is 0 Å². The average molecular weight is 234 g/mol. The lowest BCUT2D eigenvalue weighted by Crippen LogP contribution is -2.14. The second-order valence-corrected chi connectivity index (χ2v) is 4.36. The number of nitrogens with zero attached hydrogens (tertiary/aromatic N) is 2. The number of rotatable bonds is 4. The van der Waals surface area contributed by atoms with Gasteiger partial charge in [0, 0.05) is 35.9 Å². The van der Waals surface area contributed by atoms with Crippen LogP contribution in [0.4, 0.5) is 5.95 Å². The summed E-state index contributed by atoms with van der Waals surface area (Å²) in [5.74, 6) is 0.628. The fourth-order valence-electron chi connectivity index (χ4n) is 1.39. The van der Waals surface area contributed by atoms with E-state index in [1.54, 1.807) is 11.3 Å². The summed E-state index contributed by atoms with van der Waals surface area (Å²) < 4.78 is 0. The smallest absolute Gasteiger partial charge is 0.222 e. The molecule has 3 N–H and O–H groups in total. The van der Waals surface area contributed by atoms with Crippen LogP contribution in [0, 0.1) is 6.92 Å². The Morgan fingerprint density at radius 2 is 2.12 bits per heavy atom. The summed E-state index contributed by atoms with van der Waals surface area (Å²) in [6, 6.07) is 2.10. The third-order valence-electron chi connectivity index (χ3n) is 2.20. The van der Waals surface area contributed by atoms with Crippen LogP contribution in [0.25, 0.3) is 10.4 Å². The summed E-state index contributed by atoms with van der Waals surface area (Å²) in [6.07, 6.45) is 3.68. The van der Waals surface area contributed by atoms with Crippen molar-refractivity contribution in [1.82, 2.24) is 9.97 Å². The summed E-state index contributed by atoms with van der Waals surface area (Å²) in [6.45, 7) is 3.36. The molecule has 2 aromatic rings. The molecular formula is C11H14N4S. The maximum atomic E-state index is 5.39. The minimum absolute atomic E-state index is 0.579. The molecule has 16 heavy (non-hydrogen) atoms. The second kappa shape index (κ2) is 5.05. The number of nitrogens with one attached hydrogen (secondary N) is 1. The molecule has 0 amide bonds. The summed E-state index contributed by atoms with van der Waals surface area (Å²) in [5, 5.41) is 5.11. The van der Waals surface area contributed by atoms with Gasteiger partial charge in [-0.2, -0.15) is 0 Å². The van der Waals surface area contributed by atoms with Gasteiger partial charge < -0.3 is 11.1 Å². The molecule has 0 aliphatic heterocycles. The first-order chi connectivity index (χ1) is 7.81. The zero-order valence-corrected chi connectivity index (χ0v) is 9.92. The van der Waals surface area contributed by atoms with Crippen LogP contribution in [0.15, 0.2) is 23.8 Å². The highest BCUT2D eigenvalue weighted by molar-refractivity contribution is 7.13. The Morgan fingerprint density at radius 3 is 2.69 bits per heavy atom. The van der Waals surface area contributed by atoms with Crippen molar-refractivity contribution in [1.29, 1.82) is 0 Å². The fourth-order valence-corrected chi connectivity index (χ4v) is 2.29. The molecule has 0 aliphatic rings. The van der Waals surface area contributed by atoms with Crippen molar-refractivity contribution in [2.24, 2.45) is 5.73 Å². The van der Waals surface area contributed by atoms with Crippen molar-refractivity contribution in [3.63, 3.8) is 0 Å². The van der Waals surface area contributed by atoms with E-state index in [-0.39, 0.29) is 0 Å². The van der Waals surface area contributed by atoms with Crippen molar-refractivity contribution in [2.45, 2.75) is 6.92 Å². The van der Waals surface area contributed by atoms with Gasteiger partial charge in [0.25, 0.3) is 0 Å². The van der Waals surface area contributed by atoms with E-state index in [9.17, 15) is 0 Å². The van der Waals surface area contributed by atoms with E-state index < -0.39 is 0 Å². The Balaban J connectivity index is 2.16. The quantitative estimate of drug-likeness (QED) is 0.848. The molecular weight excluding hydrogens is 220 g/mol. The minimum Gasteiger partial charge on any atom is -0.353 e. The molecule has 0 radical (unpaired) electrons. The van der Waals surface area contributed by atoms with Crippen LogP contribution in [0.2, 0.25) is 0 Å². The van der Waals surface area contributed by atoms with Gasteiger partial charge in [-0.25, -0.2) is 9.97 Å². The molecule has 0 spiro atoms. The molecule has 0 aromatic carbocycles. The molecule has 0 saturated carbocycles. The van der Waals surface area contributed by atoms with Crippen LogP contribution < -0.4 is 11.1 Å². The number of hydrogen-bond donors (Lipinski definition) is 2. The van der Waals surface area contributed by atoms with Gasteiger partial charge in [0.05, 0.1) is 0 Å². The first-order valence-electron chi connectivity index (χ1n) is 5.11. The Morgan fingerprint density at radius 1 is 1.38 bits per heavy atom. The number of hydrogen-bond acceptors (Lipinski definition) is 5. The van der Waals surface area contributed by atoms with Crippen LogP contribution >= 0.6 is 11.3 Å². The standard InChI is InChI=1S/C11H14N4S/c1-8-2-5-16-10(8)9-6-14-11(15-7-9)13-4-3-12/h2,5-7H,3-4,12H2,1H3,(H,13,14,15). The van der Waals surface area contributed by atoms with Gasteiger partial charge in [-0.1, -0.05) is 0 Å².